The van der Waals surface area contributed by atoms with Crippen molar-refractivity contribution in [2.24, 2.45) is 0 Å². The Morgan fingerprint density at radius 2 is 2.23 bits per heavy atom. The quantitative estimate of drug-likeness (QED) is 0.672. The van der Waals surface area contributed by atoms with Gasteiger partial charge in [0, 0.05) is 24.4 Å². The van der Waals surface area contributed by atoms with Crippen LogP contribution in [-0.4, -0.2) is 49.3 Å². The van der Waals surface area contributed by atoms with Gasteiger partial charge in [0.15, 0.2) is 5.65 Å². The lowest BCUT2D eigenvalue weighted by molar-refractivity contribution is -0.0379. The van der Waals surface area contributed by atoms with E-state index in [1.165, 1.54) is 5.56 Å². The number of nitrogens with one attached hydrogen (secondary N) is 1. The van der Waals surface area contributed by atoms with Crippen LogP contribution in [0.3, 0.4) is 0 Å². The van der Waals surface area contributed by atoms with E-state index >= 15 is 0 Å². The van der Waals surface area contributed by atoms with Crippen molar-refractivity contribution in [3.05, 3.63) is 22.1 Å². The van der Waals surface area contributed by atoms with E-state index < -0.39 is 0 Å². The van der Waals surface area contributed by atoms with Gasteiger partial charge in [0.1, 0.15) is 10.7 Å². The summed E-state index contributed by atoms with van der Waals surface area (Å²) in [5, 5.41) is 16.9. The molecule has 0 fully saturated rings. The third kappa shape index (κ3) is 2.85. The molecule has 4 heterocycles. The predicted molar refractivity (Wildman–Crippen MR) is 97.5 cm³/mol. The van der Waals surface area contributed by atoms with Gasteiger partial charge in [-0.15, -0.1) is 16.4 Å². The number of nitrogens with zero attached hydrogens (tertiary/aromatic N) is 4. The molecule has 2 N–H and O–H groups in total. The predicted octanol–water partition coefficient (Wildman–Crippen LogP) is 1.61. The third-order valence-electron chi connectivity index (χ3n) is 4.49. The van der Waals surface area contributed by atoms with Crippen molar-refractivity contribution >= 4 is 33.1 Å². The maximum atomic E-state index is 12.3. The number of aliphatic hydroxyl groups is 1. The minimum absolute atomic E-state index is 0.0292. The van der Waals surface area contributed by atoms with Crippen LogP contribution in [0.4, 0.5) is 0 Å². The number of fused-ring (bicyclic) bond motifs is 5. The Hall–Kier alpha value is -2.10. The lowest BCUT2D eigenvalue weighted by Crippen LogP contribution is -2.31. The van der Waals surface area contributed by atoms with Crippen LogP contribution in [0.2, 0.25) is 0 Å². The lowest BCUT2D eigenvalue weighted by Gasteiger charge is -2.30. The maximum absolute atomic E-state index is 12.3. The van der Waals surface area contributed by atoms with Gasteiger partial charge in [-0.2, -0.15) is 4.52 Å². The first-order chi connectivity index (χ1) is 12.4. The molecule has 0 aliphatic carbocycles. The summed E-state index contributed by atoms with van der Waals surface area (Å²) in [5.74, 6) is 0.460. The van der Waals surface area contributed by atoms with E-state index in [9.17, 15) is 4.79 Å². The highest BCUT2D eigenvalue weighted by Gasteiger charge is 2.31. The summed E-state index contributed by atoms with van der Waals surface area (Å²) in [7, 11) is 0. The van der Waals surface area contributed by atoms with Gasteiger partial charge in [0.05, 0.1) is 17.6 Å². The largest absolute Gasteiger partial charge is 0.396 e. The fourth-order valence-electron chi connectivity index (χ4n) is 3.20. The second-order valence-corrected chi connectivity index (χ2v) is 8.16. The molecule has 0 unspecified atom stereocenters. The zero-order valence-electron chi connectivity index (χ0n) is 15.0. The number of aromatic nitrogens is 4. The highest BCUT2D eigenvalue weighted by molar-refractivity contribution is 7.19. The first-order valence-corrected chi connectivity index (χ1v) is 9.42. The highest BCUT2D eigenvalue weighted by Crippen LogP contribution is 2.39. The molecule has 0 saturated carbocycles. The Balaban J connectivity index is 1.84. The number of hydrogen-bond acceptors (Lipinski definition) is 7. The van der Waals surface area contributed by atoms with E-state index in [1.807, 2.05) is 6.92 Å². The van der Waals surface area contributed by atoms with Crippen LogP contribution in [0.1, 0.15) is 47.2 Å². The third-order valence-corrected chi connectivity index (χ3v) is 5.59. The van der Waals surface area contributed by atoms with Gasteiger partial charge in [0.25, 0.3) is 5.91 Å². The monoisotopic (exact) mass is 375 g/mol. The van der Waals surface area contributed by atoms with Crippen molar-refractivity contribution < 1.29 is 14.6 Å². The van der Waals surface area contributed by atoms with E-state index in [1.54, 1.807) is 15.9 Å². The number of carbonyl (C=O) groups excluding carboxylic acids is 1. The summed E-state index contributed by atoms with van der Waals surface area (Å²) in [6.45, 7) is 6.98. The number of rotatable bonds is 4. The smallest absolute Gasteiger partial charge is 0.290 e. The molecular formula is C17H21N5O3S. The summed E-state index contributed by atoms with van der Waals surface area (Å²) in [5.41, 5.74) is 1.61. The summed E-state index contributed by atoms with van der Waals surface area (Å²) < 4.78 is 7.55. The van der Waals surface area contributed by atoms with Gasteiger partial charge in [-0.25, -0.2) is 9.97 Å². The lowest BCUT2D eigenvalue weighted by atomic mass is 9.94. The number of amides is 1. The first kappa shape index (κ1) is 17.3. The van der Waals surface area contributed by atoms with Gasteiger partial charge in [0.2, 0.25) is 5.82 Å². The number of carbonyl (C=O) groups is 1. The molecule has 1 aliphatic heterocycles. The average molecular weight is 375 g/mol. The highest BCUT2D eigenvalue weighted by atomic mass is 32.1. The van der Waals surface area contributed by atoms with Crippen molar-refractivity contribution in [2.75, 3.05) is 13.2 Å². The number of ether oxygens (including phenoxy) is 1. The van der Waals surface area contributed by atoms with Crippen molar-refractivity contribution in [3.8, 4) is 0 Å². The number of thiophene rings is 1. The van der Waals surface area contributed by atoms with Crippen molar-refractivity contribution in [1.82, 2.24) is 24.9 Å². The second-order valence-electron chi connectivity index (χ2n) is 7.07. The van der Waals surface area contributed by atoms with Crippen LogP contribution in [0.25, 0.3) is 15.9 Å². The minimum Gasteiger partial charge on any atom is -0.396 e. The molecule has 0 aromatic carbocycles. The number of aliphatic hydroxyl groups excluding tert-OH is 1. The van der Waals surface area contributed by atoms with Crippen molar-refractivity contribution in [1.29, 1.82) is 0 Å². The summed E-state index contributed by atoms with van der Waals surface area (Å²) >= 11 is 1.62. The maximum Gasteiger partial charge on any atom is 0.290 e. The molecule has 138 valence electrons. The van der Waals surface area contributed by atoms with Gasteiger partial charge in [-0.3, -0.25) is 4.79 Å². The van der Waals surface area contributed by atoms with Crippen LogP contribution in [0.15, 0.2) is 0 Å². The Bertz CT molecular complexity index is 1010. The Morgan fingerprint density at radius 3 is 3.00 bits per heavy atom. The van der Waals surface area contributed by atoms with Crippen molar-refractivity contribution in [3.63, 3.8) is 0 Å². The molecule has 0 radical (unpaired) electrons. The number of aryl methyl sites for hydroxylation is 1. The van der Waals surface area contributed by atoms with E-state index in [4.69, 9.17) is 9.84 Å². The van der Waals surface area contributed by atoms with E-state index in [0.717, 1.165) is 21.5 Å². The fourth-order valence-corrected chi connectivity index (χ4v) is 4.34. The molecule has 8 nitrogen and oxygen atoms in total. The standard InChI is InChI=1S/C17H21N5O3S/c1-9-19-16-12(10-7-17(2,3)25-8-11(10)26-16)14-20-13(21-22(9)14)15(24)18-5-4-6-23/h23H,4-8H2,1-3H3,(H,18,24). The van der Waals surface area contributed by atoms with E-state index in [2.05, 4.69) is 34.2 Å². The molecule has 26 heavy (non-hydrogen) atoms. The molecule has 0 atom stereocenters. The zero-order chi connectivity index (χ0) is 18.5. The zero-order valence-corrected chi connectivity index (χ0v) is 15.8. The van der Waals surface area contributed by atoms with Crippen LogP contribution >= 0.6 is 11.3 Å². The normalized spacial score (nSPS) is 16.2. The second kappa shape index (κ2) is 6.26. The van der Waals surface area contributed by atoms with E-state index in [-0.39, 0.29) is 23.9 Å². The van der Waals surface area contributed by atoms with Gasteiger partial charge in [-0.05, 0) is 32.8 Å². The van der Waals surface area contributed by atoms with Crippen LogP contribution in [0, 0.1) is 6.92 Å². The molecule has 1 amide bonds. The first-order valence-electron chi connectivity index (χ1n) is 8.60. The molecule has 0 spiro atoms. The Kier molecular flexibility index (Phi) is 4.17. The van der Waals surface area contributed by atoms with Crippen molar-refractivity contribution in [2.45, 2.75) is 45.8 Å². The summed E-state index contributed by atoms with van der Waals surface area (Å²) in [6, 6.07) is 0. The van der Waals surface area contributed by atoms with Crippen LogP contribution < -0.4 is 5.32 Å². The molecule has 3 aromatic heterocycles. The Labute approximate surface area is 154 Å². The van der Waals surface area contributed by atoms with E-state index in [0.29, 0.717) is 31.0 Å². The molecular weight excluding hydrogens is 354 g/mol. The molecule has 3 aromatic rings. The molecule has 1 aliphatic rings. The van der Waals surface area contributed by atoms with Crippen LogP contribution in [-0.2, 0) is 17.8 Å². The average Bonchev–Trinajstić information content (AvgIpc) is 3.15. The SMILES string of the molecule is Cc1nc2sc3c(c2c2nc(C(=O)NCCCO)nn12)CC(C)(C)OC3. The van der Waals surface area contributed by atoms with Gasteiger partial charge in [-0.1, -0.05) is 0 Å². The van der Waals surface area contributed by atoms with Gasteiger partial charge < -0.3 is 15.2 Å². The summed E-state index contributed by atoms with van der Waals surface area (Å²) in [6.07, 6.45) is 1.27. The minimum atomic E-state index is -0.345. The Morgan fingerprint density at radius 1 is 1.42 bits per heavy atom. The molecule has 0 bridgehead atoms. The fraction of sp³-hybridized carbons (Fsp3) is 0.529. The van der Waals surface area contributed by atoms with Crippen LogP contribution in [0.5, 0.6) is 0 Å². The van der Waals surface area contributed by atoms with Gasteiger partial charge >= 0.3 is 0 Å². The molecule has 9 heteroatoms. The topological polar surface area (TPSA) is 102 Å². The number of hydrogen-bond donors (Lipinski definition) is 2. The molecule has 4 rings (SSSR count). The molecule has 0 saturated heterocycles. The summed E-state index contributed by atoms with van der Waals surface area (Å²) in [4.78, 5) is 23.5.